The van der Waals surface area contributed by atoms with E-state index in [9.17, 15) is 0 Å². The molecule has 0 saturated carbocycles. The molecule has 0 spiro atoms. The molecule has 76 valence electrons. The van der Waals surface area contributed by atoms with Crippen LogP contribution in [0.15, 0.2) is 35.4 Å². The van der Waals surface area contributed by atoms with Crippen LogP contribution in [-0.2, 0) is 0 Å². The highest BCUT2D eigenvalue weighted by Crippen LogP contribution is 2.07. The van der Waals surface area contributed by atoms with E-state index in [1.165, 1.54) is 0 Å². The van der Waals surface area contributed by atoms with E-state index in [-0.39, 0.29) is 0 Å². The molecule has 0 bridgehead atoms. The molecule has 0 atom stereocenters. The Balaban J connectivity index is 2.42. The van der Waals surface area contributed by atoms with Gasteiger partial charge in [-0.05, 0) is 19.1 Å². The van der Waals surface area contributed by atoms with Crippen LogP contribution in [0.25, 0.3) is 0 Å². The fourth-order valence-electron chi connectivity index (χ4n) is 1.07. The predicted octanol–water partition coefficient (Wildman–Crippen LogP) is 2.00. The summed E-state index contributed by atoms with van der Waals surface area (Å²) in [6.07, 6.45) is 0. The lowest BCUT2D eigenvalue weighted by Crippen LogP contribution is -2.13. The Morgan fingerprint density at radius 2 is 1.93 bits per heavy atom. The highest BCUT2D eigenvalue weighted by Gasteiger charge is 1.94. The molecule has 0 unspecified atom stereocenters. The number of para-hydroxylation sites is 1. The van der Waals surface area contributed by atoms with Gasteiger partial charge in [-0.3, -0.25) is 0 Å². The van der Waals surface area contributed by atoms with Crippen molar-refractivity contribution < 1.29 is 4.74 Å². The fourth-order valence-corrected chi connectivity index (χ4v) is 1.07. The van der Waals surface area contributed by atoms with Crippen molar-refractivity contribution in [1.29, 1.82) is 0 Å². The maximum Gasteiger partial charge on any atom is 0.128 e. The molecule has 0 aliphatic carbocycles. The number of benzene rings is 1. The maximum absolute atomic E-state index is 5.51. The average molecular weight is 192 g/mol. The summed E-state index contributed by atoms with van der Waals surface area (Å²) in [5, 5.41) is 5.98. The Kier molecular flexibility index (Phi) is 3.98. The van der Waals surface area contributed by atoms with Crippen LogP contribution in [0.2, 0.25) is 0 Å². The van der Waals surface area contributed by atoms with E-state index >= 15 is 0 Å². The number of ether oxygens (including phenoxy) is 1. The first-order valence-electron chi connectivity index (χ1n) is 4.58. The third-order valence-corrected chi connectivity index (χ3v) is 1.56. The summed E-state index contributed by atoms with van der Waals surface area (Å²) in [4.78, 5) is 0. The molecule has 0 fully saturated rings. The molecule has 3 heteroatoms. The van der Waals surface area contributed by atoms with E-state index in [4.69, 9.17) is 4.74 Å². The van der Waals surface area contributed by atoms with Gasteiger partial charge in [0.25, 0.3) is 0 Å². The van der Waals surface area contributed by atoms with Crippen molar-refractivity contribution in [3.05, 3.63) is 30.3 Å². The lowest BCUT2D eigenvalue weighted by atomic mass is 10.3. The first kappa shape index (κ1) is 10.6. The Morgan fingerprint density at radius 1 is 1.29 bits per heavy atom. The molecule has 14 heavy (non-hydrogen) atoms. The molecule has 0 aromatic heterocycles. The summed E-state index contributed by atoms with van der Waals surface area (Å²) in [7, 11) is 3.79. The van der Waals surface area contributed by atoms with Crippen LogP contribution in [0.5, 0.6) is 5.75 Å². The zero-order chi connectivity index (χ0) is 10.4. The second kappa shape index (κ2) is 5.27. The molecule has 1 aromatic carbocycles. The van der Waals surface area contributed by atoms with Gasteiger partial charge >= 0.3 is 0 Å². The SMILES string of the molecule is C/C(COc1ccccc1)=N/N(C)C. The van der Waals surface area contributed by atoms with Crippen LogP contribution in [0.1, 0.15) is 6.92 Å². The van der Waals surface area contributed by atoms with Crippen molar-refractivity contribution in [3.8, 4) is 5.75 Å². The van der Waals surface area contributed by atoms with Gasteiger partial charge < -0.3 is 9.75 Å². The average Bonchev–Trinajstić information content (AvgIpc) is 2.15. The van der Waals surface area contributed by atoms with Gasteiger partial charge in [0.1, 0.15) is 12.4 Å². The molecule has 0 radical (unpaired) electrons. The highest BCUT2D eigenvalue weighted by atomic mass is 16.5. The van der Waals surface area contributed by atoms with Crippen LogP contribution in [0.3, 0.4) is 0 Å². The number of nitrogens with zero attached hydrogens (tertiary/aromatic N) is 2. The summed E-state index contributed by atoms with van der Waals surface area (Å²) < 4.78 is 5.51. The second-order valence-corrected chi connectivity index (χ2v) is 3.28. The van der Waals surface area contributed by atoms with Gasteiger partial charge in [0, 0.05) is 14.1 Å². The number of rotatable bonds is 4. The number of hydrazone groups is 1. The van der Waals surface area contributed by atoms with E-state index < -0.39 is 0 Å². The molecule has 0 amide bonds. The zero-order valence-electron chi connectivity index (χ0n) is 8.90. The standard InChI is InChI=1S/C11H16N2O/c1-10(12-13(2)3)9-14-11-7-5-4-6-8-11/h4-8H,9H2,1-3H3/b12-10-. The van der Waals surface area contributed by atoms with Gasteiger partial charge in [0.15, 0.2) is 0 Å². The maximum atomic E-state index is 5.51. The first-order chi connectivity index (χ1) is 6.68. The minimum atomic E-state index is 0.530. The Labute approximate surface area is 85.0 Å². The van der Waals surface area contributed by atoms with E-state index in [0.29, 0.717) is 6.61 Å². The van der Waals surface area contributed by atoms with Crippen molar-refractivity contribution in [3.63, 3.8) is 0 Å². The zero-order valence-corrected chi connectivity index (χ0v) is 8.90. The minimum Gasteiger partial charge on any atom is -0.488 e. The van der Waals surface area contributed by atoms with Crippen molar-refractivity contribution >= 4 is 5.71 Å². The predicted molar refractivity (Wildman–Crippen MR) is 58.7 cm³/mol. The van der Waals surface area contributed by atoms with Gasteiger partial charge in [0.2, 0.25) is 0 Å². The van der Waals surface area contributed by atoms with Gasteiger partial charge in [0.05, 0.1) is 5.71 Å². The third kappa shape index (κ3) is 3.94. The molecule has 1 rings (SSSR count). The first-order valence-corrected chi connectivity index (χ1v) is 4.58. The van der Waals surface area contributed by atoms with Gasteiger partial charge in [-0.2, -0.15) is 5.10 Å². The molecule has 0 N–H and O–H groups in total. The minimum absolute atomic E-state index is 0.530. The lowest BCUT2D eigenvalue weighted by molar-refractivity contribution is 0.366. The molecule has 0 saturated heterocycles. The Hall–Kier alpha value is -1.51. The summed E-state index contributed by atoms with van der Waals surface area (Å²) in [5.41, 5.74) is 0.957. The molecular formula is C11H16N2O. The van der Waals surface area contributed by atoms with Crippen molar-refractivity contribution in [2.45, 2.75) is 6.92 Å². The van der Waals surface area contributed by atoms with Crippen LogP contribution >= 0.6 is 0 Å². The van der Waals surface area contributed by atoms with Crippen molar-refractivity contribution in [2.75, 3.05) is 20.7 Å². The Bertz CT molecular complexity index is 293. The highest BCUT2D eigenvalue weighted by molar-refractivity contribution is 5.83. The van der Waals surface area contributed by atoms with E-state index in [0.717, 1.165) is 11.5 Å². The molecule has 0 heterocycles. The van der Waals surface area contributed by atoms with Crippen LogP contribution in [0.4, 0.5) is 0 Å². The molecular weight excluding hydrogens is 176 g/mol. The summed E-state index contributed by atoms with van der Waals surface area (Å²) in [6, 6.07) is 9.74. The van der Waals surface area contributed by atoms with Crippen molar-refractivity contribution in [2.24, 2.45) is 5.10 Å². The number of hydrogen-bond donors (Lipinski definition) is 0. The van der Waals surface area contributed by atoms with E-state index in [1.807, 2.05) is 51.4 Å². The van der Waals surface area contributed by atoms with Gasteiger partial charge in [-0.1, -0.05) is 18.2 Å². The van der Waals surface area contributed by atoms with E-state index in [2.05, 4.69) is 5.10 Å². The molecule has 1 aromatic rings. The monoisotopic (exact) mass is 192 g/mol. The normalized spacial score (nSPS) is 11.2. The smallest absolute Gasteiger partial charge is 0.128 e. The van der Waals surface area contributed by atoms with Crippen LogP contribution < -0.4 is 4.74 Å². The lowest BCUT2D eigenvalue weighted by Gasteiger charge is -2.08. The van der Waals surface area contributed by atoms with Crippen molar-refractivity contribution in [1.82, 2.24) is 5.01 Å². The molecule has 0 aliphatic heterocycles. The topological polar surface area (TPSA) is 24.8 Å². The molecule has 3 nitrogen and oxygen atoms in total. The Morgan fingerprint density at radius 3 is 2.50 bits per heavy atom. The third-order valence-electron chi connectivity index (χ3n) is 1.56. The van der Waals surface area contributed by atoms with Crippen LogP contribution in [0, 0.1) is 0 Å². The van der Waals surface area contributed by atoms with Gasteiger partial charge in [-0.25, -0.2) is 0 Å². The summed E-state index contributed by atoms with van der Waals surface area (Å²) >= 11 is 0. The quantitative estimate of drug-likeness (QED) is 0.538. The largest absolute Gasteiger partial charge is 0.488 e. The summed E-state index contributed by atoms with van der Waals surface area (Å²) in [6.45, 7) is 2.48. The fraction of sp³-hybridized carbons (Fsp3) is 0.364. The van der Waals surface area contributed by atoms with Gasteiger partial charge in [-0.15, -0.1) is 0 Å². The van der Waals surface area contributed by atoms with Crippen LogP contribution in [-0.4, -0.2) is 31.4 Å². The molecule has 0 aliphatic rings. The number of hydrogen-bond acceptors (Lipinski definition) is 3. The second-order valence-electron chi connectivity index (χ2n) is 3.28. The van der Waals surface area contributed by atoms with E-state index in [1.54, 1.807) is 5.01 Å². The summed E-state index contributed by atoms with van der Waals surface area (Å²) in [5.74, 6) is 0.876.